The van der Waals surface area contributed by atoms with Crippen LogP contribution in [0.4, 0.5) is 5.69 Å². The lowest BCUT2D eigenvalue weighted by atomic mass is 10.2. The molecule has 0 aromatic heterocycles. The summed E-state index contributed by atoms with van der Waals surface area (Å²) in [6, 6.07) is 7.34. The van der Waals surface area contributed by atoms with Crippen LogP contribution in [-0.2, 0) is 16.1 Å². The zero-order chi connectivity index (χ0) is 17.8. The first-order valence-corrected chi connectivity index (χ1v) is 8.69. The molecule has 0 bridgehead atoms. The van der Waals surface area contributed by atoms with Crippen molar-refractivity contribution in [2.24, 2.45) is 4.99 Å². The third-order valence-electron chi connectivity index (χ3n) is 2.89. The van der Waals surface area contributed by atoms with E-state index in [2.05, 4.69) is 34.6 Å². The van der Waals surface area contributed by atoms with Gasteiger partial charge in [-0.25, -0.2) is 0 Å². The molecule has 3 N–H and O–H groups in total. The van der Waals surface area contributed by atoms with Crippen molar-refractivity contribution in [1.82, 2.24) is 10.6 Å². The highest BCUT2D eigenvalue weighted by molar-refractivity contribution is 8.03. The van der Waals surface area contributed by atoms with Gasteiger partial charge in [0.25, 0.3) is 5.91 Å². The second-order valence-corrected chi connectivity index (χ2v) is 6.05. The molecule has 0 heterocycles. The number of aliphatic imine (C=N–C) groups is 1. The highest BCUT2D eigenvalue weighted by Crippen LogP contribution is 2.15. The maximum absolute atomic E-state index is 12.2. The first-order valence-electron chi connectivity index (χ1n) is 7.71. The maximum Gasteiger partial charge on any atom is 0.259 e. The molecule has 1 aromatic carbocycles. The third kappa shape index (κ3) is 7.94. The van der Waals surface area contributed by atoms with Crippen LogP contribution in [0.5, 0.6) is 0 Å². The van der Waals surface area contributed by atoms with Gasteiger partial charge in [-0.3, -0.25) is 14.6 Å². The van der Waals surface area contributed by atoms with Crippen molar-refractivity contribution >= 4 is 36.0 Å². The summed E-state index contributed by atoms with van der Waals surface area (Å²) < 4.78 is 0. The Morgan fingerprint density at radius 2 is 2.17 bits per heavy atom. The number of amides is 2. The number of thioether (sulfide) groups is 1. The van der Waals surface area contributed by atoms with Gasteiger partial charge in [-0.15, -0.1) is 11.8 Å². The Labute approximate surface area is 147 Å². The Balaban J connectivity index is 2.57. The second-order valence-electron chi connectivity index (χ2n) is 5.03. The molecule has 0 aliphatic carbocycles. The number of hydrogen-bond acceptors (Lipinski definition) is 5. The van der Waals surface area contributed by atoms with Gasteiger partial charge in [-0.05, 0) is 37.4 Å². The molecule has 7 heteroatoms. The van der Waals surface area contributed by atoms with Gasteiger partial charge >= 0.3 is 0 Å². The summed E-state index contributed by atoms with van der Waals surface area (Å²) in [5.41, 5.74) is 1.60. The van der Waals surface area contributed by atoms with Gasteiger partial charge in [-0.1, -0.05) is 19.1 Å². The predicted octanol–water partition coefficient (Wildman–Crippen LogP) is 2.49. The number of nitrogens with zero attached hydrogens (tertiary/aromatic N) is 1. The fraction of sp³-hybridized carbons (Fsp3) is 0.353. The van der Waals surface area contributed by atoms with Crippen molar-refractivity contribution in [2.75, 3.05) is 17.7 Å². The second kappa shape index (κ2) is 11.4. The summed E-state index contributed by atoms with van der Waals surface area (Å²) in [5, 5.41) is 8.78. The number of hydrogen-bond donors (Lipinski definition) is 3. The van der Waals surface area contributed by atoms with Gasteiger partial charge in [0.05, 0.1) is 4.91 Å². The van der Waals surface area contributed by atoms with Crippen LogP contribution in [0.25, 0.3) is 0 Å². The summed E-state index contributed by atoms with van der Waals surface area (Å²) >= 11 is 1.39. The Morgan fingerprint density at radius 3 is 2.83 bits per heavy atom. The van der Waals surface area contributed by atoms with E-state index < -0.39 is 0 Å². The van der Waals surface area contributed by atoms with Crippen LogP contribution in [0.1, 0.15) is 25.8 Å². The SMILES string of the molecule is C=N/C=C(\SCNCCC)C(=O)NCc1cccc(NC(C)=O)c1. The molecule has 0 saturated carbocycles. The van der Waals surface area contributed by atoms with E-state index in [1.165, 1.54) is 24.9 Å². The fourth-order valence-corrected chi connectivity index (χ4v) is 2.61. The molecule has 0 saturated heterocycles. The molecule has 24 heavy (non-hydrogen) atoms. The van der Waals surface area contributed by atoms with Crippen molar-refractivity contribution in [1.29, 1.82) is 0 Å². The first kappa shape index (κ1) is 19.9. The summed E-state index contributed by atoms with van der Waals surface area (Å²) in [4.78, 5) is 27.5. The lowest BCUT2D eigenvalue weighted by Crippen LogP contribution is -2.24. The van der Waals surface area contributed by atoms with Crippen molar-refractivity contribution in [3.05, 3.63) is 40.9 Å². The van der Waals surface area contributed by atoms with Gasteiger partial charge in [0, 0.05) is 31.2 Å². The minimum atomic E-state index is -0.198. The average Bonchev–Trinajstić information content (AvgIpc) is 2.55. The van der Waals surface area contributed by atoms with Crippen molar-refractivity contribution in [3.8, 4) is 0 Å². The summed E-state index contributed by atoms with van der Waals surface area (Å²) in [7, 11) is 0. The monoisotopic (exact) mass is 348 g/mol. The summed E-state index contributed by atoms with van der Waals surface area (Å²) in [6.07, 6.45) is 2.50. The number of benzene rings is 1. The van der Waals surface area contributed by atoms with E-state index in [4.69, 9.17) is 0 Å². The van der Waals surface area contributed by atoms with Crippen LogP contribution in [0.3, 0.4) is 0 Å². The summed E-state index contributed by atoms with van der Waals surface area (Å²) in [6.45, 7) is 8.21. The first-order chi connectivity index (χ1) is 11.6. The topological polar surface area (TPSA) is 82.6 Å². The number of nitrogens with one attached hydrogen (secondary N) is 3. The van der Waals surface area contributed by atoms with Crippen LogP contribution < -0.4 is 16.0 Å². The van der Waals surface area contributed by atoms with Crippen LogP contribution >= 0.6 is 11.8 Å². The normalized spacial score (nSPS) is 11.0. The quantitative estimate of drug-likeness (QED) is 0.263. The molecule has 0 radical (unpaired) electrons. The highest BCUT2D eigenvalue weighted by Gasteiger charge is 2.10. The molecule has 6 nitrogen and oxygen atoms in total. The molecule has 1 rings (SSSR count). The lowest BCUT2D eigenvalue weighted by Gasteiger charge is -2.10. The van der Waals surface area contributed by atoms with Crippen LogP contribution in [0, 0.1) is 0 Å². The number of carbonyl (C=O) groups excluding carboxylic acids is 2. The highest BCUT2D eigenvalue weighted by atomic mass is 32.2. The third-order valence-corrected chi connectivity index (χ3v) is 3.84. The number of rotatable bonds is 10. The van der Waals surface area contributed by atoms with Crippen LogP contribution in [0.2, 0.25) is 0 Å². The molecule has 0 fully saturated rings. The average molecular weight is 348 g/mol. The van der Waals surface area contributed by atoms with E-state index in [1.807, 2.05) is 18.2 Å². The van der Waals surface area contributed by atoms with E-state index in [0.29, 0.717) is 23.0 Å². The van der Waals surface area contributed by atoms with E-state index in [9.17, 15) is 9.59 Å². The van der Waals surface area contributed by atoms with Gasteiger partial charge in [-0.2, -0.15) is 0 Å². The molecule has 130 valence electrons. The Kier molecular flexibility index (Phi) is 9.48. The van der Waals surface area contributed by atoms with Crippen LogP contribution in [-0.4, -0.2) is 31.0 Å². The lowest BCUT2D eigenvalue weighted by molar-refractivity contribution is -0.117. The number of carbonyl (C=O) groups is 2. The summed E-state index contributed by atoms with van der Waals surface area (Å²) in [5.74, 6) is 0.311. The van der Waals surface area contributed by atoms with Crippen LogP contribution in [0.15, 0.2) is 40.4 Å². The standard InChI is InChI=1S/C17H24N4O2S/c1-4-8-19-12-24-16(11-18-3)17(23)20-10-14-6-5-7-15(9-14)21-13(2)22/h5-7,9,11,19H,3-4,8,10,12H2,1-2H3,(H,20,23)(H,21,22)/b16-11-. The smallest absolute Gasteiger partial charge is 0.259 e. The fourth-order valence-electron chi connectivity index (χ4n) is 1.85. The van der Waals surface area contributed by atoms with Gasteiger partial charge in [0.15, 0.2) is 0 Å². The van der Waals surface area contributed by atoms with Crippen molar-refractivity contribution in [2.45, 2.75) is 26.8 Å². The molecule has 0 aliphatic rings. The van der Waals surface area contributed by atoms with Crippen molar-refractivity contribution < 1.29 is 9.59 Å². The molecule has 0 atom stereocenters. The molecular formula is C17H24N4O2S. The molecule has 0 spiro atoms. The van der Waals surface area contributed by atoms with E-state index in [0.717, 1.165) is 18.5 Å². The molecule has 2 amide bonds. The zero-order valence-corrected chi connectivity index (χ0v) is 14.9. The molecule has 0 unspecified atom stereocenters. The minimum Gasteiger partial charge on any atom is -0.347 e. The van der Waals surface area contributed by atoms with Gasteiger partial charge in [0.1, 0.15) is 0 Å². The largest absolute Gasteiger partial charge is 0.347 e. The number of anilines is 1. The van der Waals surface area contributed by atoms with E-state index >= 15 is 0 Å². The Morgan fingerprint density at radius 1 is 1.38 bits per heavy atom. The van der Waals surface area contributed by atoms with Crippen molar-refractivity contribution in [3.63, 3.8) is 0 Å². The minimum absolute atomic E-state index is 0.130. The maximum atomic E-state index is 12.2. The Bertz CT molecular complexity index is 602. The zero-order valence-electron chi connectivity index (χ0n) is 14.1. The van der Waals surface area contributed by atoms with E-state index in [1.54, 1.807) is 6.07 Å². The predicted molar refractivity (Wildman–Crippen MR) is 101 cm³/mol. The molecule has 1 aromatic rings. The van der Waals surface area contributed by atoms with E-state index in [-0.39, 0.29) is 11.8 Å². The van der Waals surface area contributed by atoms with Gasteiger partial charge in [0.2, 0.25) is 5.91 Å². The molecule has 0 aliphatic heterocycles. The molecular weight excluding hydrogens is 324 g/mol. The Hall–Kier alpha value is -2.12. The van der Waals surface area contributed by atoms with Gasteiger partial charge < -0.3 is 16.0 Å².